The first-order valence-electron chi connectivity index (χ1n) is 13.7. The number of nitrogens with one attached hydrogen (secondary N) is 1. The van der Waals surface area contributed by atoms with E-state index in [-0.39, 0.29) is 51.8 Å². The molecule has 1 amide bonds. The molecule has 1 aliphatic rings. The molecule has 0 radical (unpaired) electrons. The summed E-state index contributed by atoms with van der Waals surface area (Å²) in [6, 6.07) is 13.5. The summed E-state index contributed by atoms with van der Waals surface area (Å²) in [5.41, 5.74) is 0.703. The molecule has 4 rings (SSSR count). The maximum absolute atomic E-state index is 16.0. The molecule has 0 bridgehead atoms. The molecule has 43 heavy (non-hydrogen) atoms. The van der Waals surface area contributed by atoms with E-state index in [9.17, 15) is 9.90 Å². The van der Waals surface area contributed by atoms with Gasteiger partial charge < -0.3 is 24.7 Å². The summed E-state index contributed by atoms with van der Waals surface area (Å²) in [6.07, 6.45) is 1.27. The van der Waals surface area contributed by atoms with Crippen molar-refractivity contribution in [3.05, 3.63) is 94.9 Å². The van der Waals surface area contributed by atoms with E-state index < -0.39 is 23.6 Å². The quantitative estimate of drug-likeness (QED) is 0.210. The number of para-hydroxylation sites is 1. The van der Waals surface area contributed by atoms with Crippen molar-refractivity contribution < 1.29 is 33.0 Å². The highest BCUT2D eigenvalue weighted by Crippen LogP contribution is 2.48. The Labute approximate surface area is 251 Å². The second-order valence-electron chi connectivity index (χ2n) is 10.5. The van der Waals surface area contributed by atoms with Crippen LogP contribution >= 0.6 is 0 Å². The van der Waals surface area contributed by atoms with Crippen LogP contribution in [0.4, 0.5) is 20.2 Å². The molecule has 1 aliphatic heterocycles. The van der Waals surface area contributed by atoms with Crippen molar-refractivity contribution >= 4 is 24.1 Å². The lowest BCUT2D eigenvalue weighted by molar-refractivity contribution is -0.0980. The number of halogens is 2. The number of phenols is 1. The highest BCUT2D eigenvalue weighted by molar-refractivity contribution is 6.09. The molecular formula is C34H36F2N2O5. The number of methoxy groups -OCH3 is 1. The topological polar surface area (TPSA) is 88.1 Å². The van der Waals surface area contributed by atoms with E-state index in [0.717, 1.165) is 6.42 Å². The minimum atomic E-state index is -1.16. The number of phenolic OH excluding ortho intramolecular Hbond substituents is 1. The van der Waals surface area contributed by atoms with Gasteiger partial charge in [0.25, 0.3) is 5.91 Å². The van der Waals surface area contributed by atoms with E-state index in [4.69, 9.17) is 14.3 Å². The van der Waals surface area contributed by atoms with Crippen LogP contribution in [0, 0.1) is 28.9 Å². The van der Waals surface area contributed by atoms with E-state index >= 15 is 8.78 Å². The number of ether oxygens (including phenoxy) is 2. The Morgan fingerprint density at radius 1 is 1.09 bits per heavy atom. The first-order valence-corrected chi connectivity index (χ1v) is 13.7. The third kappa shape index (κ3) is 7.15. The molecule has 1 atom stereocenters. The van der Waals surface area contributed by atoms with Crippen LogP contribution in [-0.4, -0.2) is 31.5 Å². The average Bonchev–Trinajstić information content (AvgIpc) is 3.13. The van der Waals surface area contributed by atoms with Gasteiger partial charge in [-0.2, -0.15) is 0 Å². The van der Waals surface area contributed by atoms with Crippen LogP contribution in [0.3, 0.4) is 0 Å². The summed E-state index contributed by atoms with van der Waals surface area (Å²) in [6.45, 7) is 9.98. The molecular weight excluding hydrogens is 554 g/mol. The van der Waals surface area contributed by atoms with E-state index in [1.54, 1.807) is 31.2 Å². The summed E-state index contributed by atoms with van der Waals surface area (Å²) < 4.78 is 42.5. The molecule has 3 aromatic carbocycles. The summed E-state index contributed by atoms with van der Waals surface area (Å²) in [4.78, 5) is 23.5. The van der Waals surface area contributed by atoms with Gasteiger partial charge in [-0.1, -0.05) is 51.3 Å². The van der Waals surface area contributed by atoms with Crippen LogP contribution < -0.4 is 15.0 Å². The van der Waals surface area contributed by atoms with Crippen LogP contribution in [0.2, 0.25) is 0 Å². The zero-order valence-corrected chi connectivity index (χ0v) is 25.0. The molecule has 7 nitrogen and oxygen atoms in total. The molecule has 0 aromatic heterocycles. The molecule has 0 fully saturated rings. The summed E-state index contributed by atoms with van der Waals surface area (Å²) in [5.74, 6) is 3.77. The second-order valence-corrected chi connectivity index (χ2v) is 10.5. The normalized spacial score (nSPS) is 14.2. The number of allylic oxidation sites excluding steroid dienone is 1. The van der Waals surface area contributed by atoms with Crippen LogP contribution in [0.1, 0.15) is 62.5 Å². The number of anilines is 2. The number of nitrogens with zero attached hydrogens (tertiary/aromatic N) is 1. The Hall–Kier alpha value is -4.84. The van der Waals surface area contributed by atoms with Crippen LogP contribution in [0.15, 0.2) is 72.1 Å². The lowest BCUT2D eigenvalue weighted by Gasteiger charge is -2.33. The van der Waals surface area contributed by atoms with Crippen molar-refractivity contribution in [2.24, 2.45) is 5.41 Å². The fraction of sp³-hybridized carbons (Fsp3) is 0.294. The molecule has 0 saturated carbocycles. The minimum absolute atomic E-state index is 0.0899. The molecule has 3 aromatic rings. The van der Waals surface area contributed by atoms with Gasteiger partial charge in [0.05, 0.1) is 24.1 Å². The number of carbonyl (C=O) groups excluding carboxylic acids is 2. The van der Waals surface area contributed by atoms with Crippen LogP contribution in [-0.2, 0) is 9.53 Å². The molecule has 2 N–H and O–H groups in total. The Morgan fingerprint density at radius 2 is 1.81 bits per heavy atom. The maximum Gasteiger partial charge on any atom is 0.262 e. The largest absolute Gasteiger partial charge is 0.506 e. The van der Waals surface area contributed by atoms with Gasteiger partial charge in [0, 0.05) is 11.6 Å². The Balaban J connectivity index is 0.00000248. The number of amides is 1. The first-order chi connectivity index (χ1) is 20.6. The zero-order valence-electron chi connectivity index (χ0n) is 25.0. The number of fused-ring (bicyclic) bond motifs is 1. The SMILES string of the molecule is C=O.CC#CCOc1ccc([C@H]2C(OC)=C(CC(C)(C)CC)Nc3c(O)cccc3N2C(=O)c2ccccc2F)c(F)c1. The Kier molecular flexibility index (Phi) is 10.9. The van der Waals surface area contributed by atoms with Crippen LogP contribution in [0.5, 0.6) is 11.5 Å². The van der Waals surface area contributed by atoms with Gasteiger partial charge >= 0.3 is 0 Å². The number of rotatable bonds is 8. The summed E-state index contributed by atoms with van der Waals surface area (Å²) in [7, 11) is 1.45. The molecule has 9 heteroatoms. The van der Waals surface area contributed by atoms with Crippen molar-refractivity contribution in [2.45, 2.75) is 46.6 Å². The maximum atomic E-state index is 16.0. The average molecular weight is 591 g/mol. The molecule has 1 heterocycles. The minimum Gasteiger partial charge on any atom is -0.506 e. The second kappa shape index (κ2) is 14.4. The molecule has 0 saturated heterocycles. The molecule has 226 valence electrons. The number of aromatic hydroxyl groups is 1. The standard InChI is InChI=1S/C33H34F2N2O4.CH2O/c1-6-8-18-41-21-16-17-22(25(35)19-21)30-31(40-5)26(20-33(3,4)7-2)36-29-27(14-11-15-28(29)38)37(30)32(39)23-12-9-10-13-24(23)34;1-2/h9-17,19,30,36,38H,7,18,20H2,1-5H3;1H2/t30-;/m0./s1. The van der Waals surface area contributed by atoms with Gasteiger partial charge in [0.15, 0.2) is 0 Å². The van der Waals surface area contributed by atoms with Gasteiger partial charge in [-0.25, -0.2) is 8.78 Å². The van der Waals surface area contributed by atoms with Gasteiger partial charge in [-0.05, 0) is 55.2 Å². The number of benzene rings is 3. The summed E-state index contributed by atoms with van der Waals surface area (Å²) >= 11 is 0. The predicted octanol–water partition coefficient (Wildman–Crippen LogP) is 7.39. The van der Waals surface area contributed by atoms with Crippen molar-refractivity contribution in [3.8, 4) is 23.3 Å². The smallest absolute Gasteiger partial charge is 0.262 e. The van der Waals surface area contributed by atoms with Crippen molar-refractivity contribution in [3.63, 3.8) is 0 Å². The van der Waals surface area contributed by atoms with E-state index in [1.807, 2.05) is 6.79 Å². The predicted molar refractivity (Wildman–Crippen MR) is 163 cm³/mol. The lowest BCUT2D eigenvalue weighted by Crippen LogP contribution is -2.37. The fourth-order valence-corrected chi connectivity index (χ4v) is 4.74. The number of carbonyl (C=O) groups is 2. The van der Waals surface area contributed by atoms with Gasteiger partial charge in [0.1, 0.15) is 54.0 Å². The Bertz CT molecular complexity index is 1560. The fourth-order valence-electron chi connectivity index (χ4n) is 4.74. The monoisotopic (exact) mass is 590 g/mol. The van der Waals surface area contributed by atoms with E-state index in [0.29, 0.717) is 12.1 Å². The van der Waals surface area contributed by atoms with Gasteiger partial charge in [-0.3, -0.25) is 9.69 Å². The number of hydrogen-bond acceptors (Lipinski definition) is 6. The molecule has 0 aliphatic carbocycles. The molecule has 0 unspecified atom stereocenters. The van der Waals surface area contributed by atoms with Crippen molar-refractivity contribution in [1.29, 1.82) is 0 Å². The van der Waals surface area contributed by atoms with E-state index in [2.05, 4.69) is 37.9 Å². The molecule has 0 spiro atoms. The zero-order chi connectivity index (χ0) is 31.7. The van der Waals surface area contributed by atoms with Crippen LogP contribution in [0.25, 0.3) is 0 Å². The third-order valence-electron chi connectivity index (χ3n) is 7.27. The third-order valence-corrected chi connectivity index (χ3v) is 7.27. The summed E-state index contributed by atoms with van der Waals surface area (Å²) in [5, 5.41) is 14.2. The van der Waals surface area contributed by atoms with Crippen molar-refractivity contribution in [2.75, 3.05) is 23.9 Å². The van der Waals surface area contributed by atoms with Gasteiger partial charge in [-0.15, -0.1) is 5.92 Å². The lowest BCUT2D eigenvalue weighted by atomic mass is 9.84. The number of hydrogen-bond donors (Lipinski definition) is 2. The highest BCUT2D eigenvalue weighted by Gasteiger charge is 2.40. The van der Waals surface area contributed by atoms with E-state index in [1.165, 1.54) is 48.4 Å². The highest BCUT2D eigenvalue weighted by atomic mass is 19.1. The Morgan fingerprint density at radius 3 is 2.44 bits per heavy atom. The van der Waals surface area contributed by atoms with Gasteiger partial charge in [0.2, 0.25) is 0 Å². The first kappa shape index (κ1) is 32.7. The van der Waals surface area contributed by atoms with Crippen molar-refractivity contribution in [1.82, 2.24) is 0 Å².